The molecular weight excluding hydrogens is 392 g/mol. The van der Waals surface area contributed by atoms with E-state index in [9.17, 15) is 9.59 Å². The van der Waals surface area contributed by atoms with E-state index in [1.54, 1.807) is 0 Å². The van der Waals surface area contributed by atoms with E-state index in [2.05, 4.69) is 9.97 Å². The summed E-state index contributed by atoms with van der Waals surface area (Å²) in [4.78, 5) is 30.4. The van der Waals surface area contributed by atoms with Gasteiger partial charge in [-0.15, -0.1) is 0 Å². The molecule has 2 N–H and O–H groups in total. The molecule has 0 aliphatic rings. The summed E-state index contributed by atoms with van der Waals surface area (Å²) in [6.07, 6.45) is 6.29. The third kappa shape index (κ3) is 5.34. The van der Waals surface area contributed by atoms with Gasteiger partial charge >= 0.3 is 11.9 Å². The van der Waals surface area contributed by atoms with Crippen molar-refractivity contribution in [2.24, 2.45) is 0 Å². The van der Waals surface area contributed by atoms with Crippen molar-refractivity contribution >= 4 is 33.7 Å². The van der Waals surface area contributed by atoms with E-state index < -0.39 is 0 Å². The summed E-state index contributed by atoms with van der Waals surface area (Å²) < 4.78 is 10.5. The van der Waals surface area contributed by atoms with Crippen LogP contribution in [0.1, 0.15) is 30.4 Å². The predicted octanol–water partition coefficient (Wildman–Crippen LogP) is 4.69. The van der Waals surface area contributed by atoms with Crippen LogP contribution in [0, 0.1) is 0 Å². The molecule has 0 radical (unpaired) electrons. The first-order valence-corrected chi connectivity index (χ1v) is 10.6. The van der Waals surface area contributed by atoms with E-state index in [-0.39, 0.29) is 25.2 Å². The number of hydrogen-bond donors (Lipinski definition) is 2. The molecule has 0 aliphatic heterocycles. The Morgan fingerprint density at radius 2 is 1.13 bits per heavy atom. The average Bonchev–Trinajstić information content (AvgIpc) is 3.40. The second-order valence-electron chi connectivity index (χ2n) is 7.51. The van der Waals surface area contributed by atoms with Crippen molar-refractivity contribution in [3.8, 4) is 0 Å². The molecule has 160 valence electrons. The largest absolute Gasteiger partial charge is 0.466 e. The van der Waals surface area contributed by atoms with Crippen molar-refractivity contribution in [2.45, 2.75) is 32.1 Å². The zero-order valence-corrected chi connectivity index (χ0v) is 17.4. The van der Waals surface area contributed by atoms with Crippen molar-refractivity contribution in [1.29, 1.82) is 0 Å². The van der Waals surface area contributed by atoms with Gasteiger partial charge in [0, 0.05) is 53.5 Å². The van der Waals surface area contributed by atoms with E-state index in [1.807, 2.05) is 60.9 Å². The Hall–Kier alpha value is -3.54. The number of rotatable bonds is 10. The SMILES string of the molecule is O=C(CCc1c[nH]c2ccccc12)OCCCOC(=O)CCc1c[nH]c2ccccc12. The molecule has 0 saturated carbocycles. The third-order valence-electron chi connectivity index (χ3n) is 5.36. The van der Waals surface area contributed by atoms with Gasteiger partial charge in [-0.05, 0) is 36.1 Å². The van der Waals surface area contributed by atoms with Crippen LogP contribution in [0.3, 0.4) is 0 Å². The fraction of sp³-hybridized carbons (Fsp3) is 0.280. The topological polar surface area (TPSA) is 84.2 Å². The monoisotopic (exact) mass is 418 g/mol. The fourth-order valence-electron chi connectivity index (χ4n) is 3.73. The van der Waals surface area contributed by atoms with Gasteiger partial charge in [0.15, 0.2) is 0 Å². The van der Waals surface area contributed by atoms with Crippen molar-refractivity contribution in [3.63, 3.8) is 0 Å². The van der Waals surface area contributed by atoms with E-state index in [0.29, 0.717) is 32.1 Å². The maximum atomic E-state index is 12.0. The molecule has 0 atom stereocenters. The number of fused-ring (bicyclic) bond motifs is 2. The number of aryl methyl sites for hydroxylation is 2. The molecule has 0 fully saturated rings. The highest BCUT2D eigenvalue weighted by molar-refractivity contribution is 5.84. The lowest BCUT2D eigenvalue weighted by molar-refractivity contribution is -0.146. The molecule has 2 aromatic carbocycles. The number of esters is 2. The van der Waals surface area contributed by atoms with E-state index in [0.717, 1.165) is 32.9 Å². The van der Waals surface area contributed by atoms with Gasteiger partial charge in [0.05, 0.1) is 13.2 Å². The van der Waals surface area contributed by atoms with Crippen molar-refractivity contribution in [2.75, 3.05) is 13.2 Å². The minimum absolute atomic E-state index is 0.240. The average molecular weight is 418 g/mol. The highest BCUT2D eigenvalue weighted by Gasteiger charge is 2.09. The minimum atomic E-state index is -0.240. The maximum absolute atomic E-state index is 12.0. The molecule has 6 heteroatoms. The zero-order valence-electron chi connectivity index (χ0n) is 17.4. The summed E-state index contributed by atoms with van der Waals surface area (Å²) in [6, 6.07) is 16.0. The highest BCUT2D eigenvalue weighted by atomic mass is 16.5. The Morgan fingerprint density at radius 1 is 0.677 bits per heavy atom. The number of nitrogens with one attached hydrogen (secondary N) is 2. The van der Waals surface area contributed by atoms with Gasteiger partial charge in [-0.2, -0.15) is 0 Å². The molecule has 0 saturated heterocycles. The lowest BCUT2D eigenvalue weighted by atomic mass is 10.1. The van der Waals surface area contributed by atoms with Crippen molar-refractivity contribution < 1.29 is 19.1 Å². The number of ether oxygens (including phenoxy) is 2. The molecule has 0 amide bonds. The standard InChI is InChI=1S/C25H26N2O4/c28-24(12-10-18-16-26-22-8-3-1-6-20(18)22)30-14-5-15-31-25(29)13-11-19-17-27-23-9-4-2-7-21(19)23/h1-4,6-9,16-17,26-27H,5,10-15H2. The van der Waals surface area contributed by atoms with Crippen LogP contribution in [0.5, 0.6) is 0 Å². The van der Waals surface area contributed by atoms with Crippen LogP contribution >= 0.6 is 0 Å². The smallest absolute Gasteiger partial charge is 0.306 e. The van der Waals surface area contributed by atoms with Crippen LogP contribution in [0.4, 0.5) is 0 Å². The molecule has 4 aromatic rings. The van der Waals surface area contributed by atoms with Gasteiger partial charge in [0.25, 0.3) is 0 Å². The number of H-pyrrole nitrogens is 2. The van der Waals surface area contributed by atoms with Gasteiger partial charge < -0.3 is 19.4 Å². The second kappa shape index (κ2) is 9.98. The summed E-state index contributed by atoms with van der Waals surface area (Å²) in [5, 5.41) is 2.27. The molecule has 31 heavy (non-hydrogen) atoms. The molecule has 0 aliphatic carbocycles. The molecular formula is C25H26N2O4. The van der Waals surface area contributed by atoms with Gasteiger partial charge in [-0.25, -0.2) is 0 Å². The Balaban J connectivity index is 1.09. The Kier molecular flexibility index (Phi) is 6.67. The number of hydrogen-bond acceptors (Lipinski definition) is 4. The van der Waals surface area contributed by atoms with E-state index >= 15 is 0 Å². The maximum Gasteiger partial charge on any atom is 0.306 e. The van der Waals surface area contributed by atoms with Crippen LogP contribution in [-0.2, 0) is 31.9 Å². The molecule has 4 rings (SSSR count). The number of aromatic nitrogens is 2. The minimum Gasteiger partial charge on any atom is -0.466 e. The Morgan fingerprint density at radius 3 is 1.61 bits per heavy atom. The number of carbonyl (C=O) groups excluding carboxylic acids is 2. The first-order valence-electron chi connectivity index (χ1n) is 10.6. The van der Waals surface area contributed by atoms with Crippen molar-refractivity contribution in [3.05, 3.63) is 72.1 Å². The van der Waals surface area contributed by atoms with Crippen LogP contribution in [0.2, 0.25) is 0 Å². The quantitative estimate of drug-likeness (QED) is 0.289. The van der Waals surface area contributed by atoms with Crippen molar-refractivity contribution in [1.82, 2.24) is 9.97 Å². The summed E-state index contributed by atoms with van der Waals surface area (Å²) in [6.45, 7) is 0.505. The summed E-state index contributed by atoms with van der Waals surface area (Å²) in [5.41, 5.74) is 4.35. The molecule has 2 aromatic heterocycles. The normalized spacial score (nSPS) is 11.1. The van der Waals surface area contributed by atoms with E-state index in [1.165, 1.54) is 0 Å². The summed E-state index contributed by atoms with van der Waals surface area (Å²) in [7, 11) is 0. The summed E-state index contributed by atoms with van der Waals surface area (Å²) in [5.74, 6) is -0.480. The molecule has 0 spiro atoms. The Bertz CT molecular complexity index is 1080. The first-order chi connectivity index (χ1) is 15.2. The van der Waals surface area contributed by atoms with Crippen LogP contribution in [-0.4, -0.2) is 35.1 Å². The van der Waals surface area contributed by atoms with Gasteiger partial charge in [0.2, 0.25) is 0 Å². The summed E-state index contributed by atoms with van der Waals surface area (Å²) >= 11 is 0. The lowest BCUT2D eigenvalue weighted by Crippen LogP contribution is -2.11. The zero-order chi connectivity index (χ0) is 21.5. The number of aromatic amines is 2. The highest BCUT2D eigenvalue weighted by Crippen LogP contribution is 2.20. The first kappa shape index (κ1) is 20.7. The van der Waals surface area contributed by atoms with Crippen LogP contribution < -0.4 is 0 Å². The van der Waals surface area contributed by atoms with Gasteiger partial charge in [-0.1, -0.05) is 36.4 Å². The number of carbonyl (C=O) groups is 2. The van der Waals surface area contributed by atoms with Crippen LogP contribution in [0.15, 0.2) is 60.9 Å². The molecule has 0 unspecified atom stereocenters. The molecule has 6 nitrogen and oxygen atoms in total. The number of para-hydroxylation sites is 2. The predicted molar refractivity (Wildman–Crippen MR) is 120 cm³/mol. The Labute approximate surface area is 180 Å². The molecule has 2 heterocycles. The fourth-order valence-corrected chi connectivity index (χ4v) is 3.73. The third-order valence-corrected chi connectivity index (χ3v) is 5.36. The number of benzene rings is 2. The molecule has 0 bridgehead atoms. The van der Waals surface area contributed by atoms with Gasteiger partial charge in [-0.3, -0.25) is 9.59 Å². The van der Waals surface area contributed by atoms with Gasteiger partial charge in [0.1, 0.15) is 0 Å². The van der Waals surface area contributed by atoms with E-state index in [4.69, 9.17) is 9.47 Å². The second-order valence-corrected chi connectivity index (χ2v) is 7.51. The lowest BCUT2D eigenvalue weighted by Gasteiger charge is -2.06. The van der Waals surface area contributed by atoms with Crippen LogP contribution in [0.25, 0.3) is 21.8 Å².